The van der Waals surface area contributed by atoms with Crippen LogP contribution in [0.4, 0.5) is 4.39 Å². The molecule has 25 heavy (non-hydrogen) atoms. The van der Waals surface area contributed by atoms with Gasteiger partial charge in [-0.05, 0) is 37.8 Å². The lowest BCUT2D eigenvalue weighted by molar-refractivity contribution is 0.111. The predicted molar refractivity (Wildman–Crippen MR) is 92.4 cm³/mol. The molecule has 1 atom stereocenters. The number of fused-ring (bicyclic) bond motifs is 1. The first-order valence-electron chi connectivity index (χ1n) is 8.55. The van der Waals surface area contributed by atoms with Crippen LogP contribution in [0.25, 0.3) is 10.9 Å². The second kappa shape index (κ2) is 6.35. The van der Waals surface area contributed by atoms with E-state index < -0.39 is 5.95 Å². The molecule has 0 aliphatic heterocycles. The Hall–Kier alpha value is -2.63. The summed E-state index contributed by atoms with van der Waals surface area (Å²) >= 11 is 0. The van der Waals surface area contributed by atoms with E-state index in [1.54, 1.807) is 4.57 Å². The molecule has 1 fully saturated rings. The molecule has 0 unspecified atom stereocenters. The Morgan fingerprint density at radius 2 is 2.28 bits per heavy atom. The van der Waals surface area contributed by atoms with E-state index in [2.05, 4.69) is 9.55 Å². The number of aldehydes is 1. The number of halogens is 1. The van der Waals surface area contributed by atoms with Crippen molar-refractivity contribution in [3.63, 3.8) is 0 Å². The highest BCUT2D eigenvalue weighted by Gasteiger charge is 2.24. The molecule has 2 aromatic heterocycles. The Kier molecular flexibility index (Phi) is 4.03. The lowest BCUT2D eigenvalue weighted by Gasteiger charge is -2.16. The molecule has 0 N–H and O–H groups in total. The van der Waals surface area contributed by atoms with Crippen LogP contribution in [0.5, 0.6) is 5.75 Å². The number of carbonyl (C=O) groups excluding carboxylic acids is 1. The van der Waals surface area contributed by atoms with Gasteiger partial charge in [-0.25, -0.2) is 4.98 Å². The quantitative estimate of drug-likeness (QED) is 0.614. The zero-order chi connectivity index (χ0) is 17.4. The van der Waals surface area contributed by atoms with Crippen molar-refractivity contribution < 1.29 is 13.9 Å². The van der Waals surface area contributed by atoms with Crippen molar-refractivity contribution in [1.82, 2.24) is 14.1 Å². The number of ether oxygens (including phenoxy) is 1. The summed E-state index contributed by atoms with van der Waals surface area (Å²) in [6, 6.07) is 7.70. The van der Waals surface area contributed by atoms with Crippen LogP contribution in [0.15, 0.2) is 36.8 Å². The molecule has 0 spiro atoms. The number of benzene rings is 1. The van der Waals surface area contributed by atoms with Crippen LogP contribution in [-0.4, -0.2) is 27.0 Å². The molecule has 0 bridgehead atoms. The summed E-state index contributed by atoms with van der Waals surface area (Å²) in [5.41, 5.74) is 1.64. The van der Waals surface area contributed by atoms with Gasteiger partial charge in [0.05, 0.1) is 29.8 Å². The van der Waals surface area contributed by atoms with Crippen LogP contribution >= 0.6 is 0 Å². The van der Waals surface area contributed by atoms with Crippen LogP contribution in [0.2, 0.25) is 0 Å². The van der Waals surface area contributed by atoms with E-state index in [-0.39, 0.29) is 6.04 Å². The number of nitrogens with zero attached hydrogens (tertiary/aromatic N) is 3. The van der Waals surface area contributed by atoms with Crippen molar-refractivity contribution >= 4 is 17.2 Å². The van der Waals surface area contributed by atoms with E-state index in [1.165, 1.54) is 25.4 Å². The van der Waals surface area contributed by atoms with Gasteiger partial charge in [0.2, 0.25) is 5.95 Å². The molecule has 6 heteroatoms. The first-order chi connectivity index (χ1) is 12.2. The smallest absolute Gasteiger partial charge is 0.230 e. The number of hydrogen-bond acceptors (Lipinski definition) is 3. The van der Waals surface area contributed by atoms with Crippen molar-refractivity contribution in [3.8, 4) is 5.75 Å². The second-order valence-corrected chi connectivity index (χ2v) is 6.74. The van der Waals surface area contributed by atoms with Crippen LogP contribution in [0.1, 0.15) is 36.3 Å². The van der Waals surface area contributed by atoms with Gasteiger partial charge in [-0.15, -0.1) is 0 Å². The molecule has 5 nitrogen and oxygen atoms in total. The Labute approximate surface area is 145 Å². The maximum Gasteiger partial charge on any atom is 0.230 e. The number of carbonyl (C=O) groups is 1. The summed E-state index contributed by atoms with van der Waals surface area (Å²) in [6.07, 6.45) is 6.15. The van der Waals surface area contributed by atoms with E-state index in [0.717, 1.165) is 29.5 Å². The van der Waals surface area contributed by atoms with Gasteiger partial charge in [-0.2, -0.15) is 4.39 Å². The molecule has 1 aliphatic rings. The fourth-order valence-electron chi connectivity index (χ4n) is 3.13. The van der Waals surface area contributed by atoms with Gasteiger partial charge in [0.15, 0.2) is 6.29 Å². The average Bonchev–Trinajstić information content (AvgIpc) is 3.21. The van der Waals surface area contributed by atoms with Gasteiger partial charge in [0.25, 0.3) is 0 Å². The molecular formula is C19H20FN3O2. The highest BCUT2D eigenvalue weighted by atomic mass is 19.1. The molecule has 4 rings (SSSR count). The largest absolute Gasteiger partial charge is 0.489 e. The first-order valence-corrected chi connectivity index (χ1v) is 8.55. The maximum absolute atomic E-state index is 13.1. The monoisotopic (exact) mass is 341 g/mol. The summed E-state index contributed by atoms with van der Waals surface area (Å²) < 4.78 is 22.9. The molecule has 130 valence electrons. The van der Waals surface area contributed by atoms with Crippen LogP contribution in [0, 0.1) is 11.9 Å². The summed E-state index contributed by atoms with van der Waals surface area (Å²) in [4.78, 5) is 15.1. The van der Waals surface area contributed by atoms with Crippen LogP contribution < -0.4 is 4.74 Å². The summed E-state index contributed by atoms with van der Waals surface area (Å²) in [5, 5.41) is 1.00. The van der Waals surface area contributed by atoms with Crippen molar-refractivity contribution in [3.05, 3.63) is 48.4 Å². The molecule has 0 saturated heterocycles. The highest BCUT2D eigenvalue weighted by Crippen LogP contribution is 2.35. The van der Waals surface area contributed by atoms with E-state index >= 15 is 0 Å². The standard InChI is InChI=1S/C19H20FN3O2/c1-13(22-9-18(20)21-12-22)11-25-17-4-2-3-15-7-16(10-24)23(19(15)17)8-14-5-6-14/h2-4,7,9-10,12-14H,5-6,8,11H2,1H3/t13-/m1/s1. The minimum Gasteiger partial charge on any atom is -0.489 e. The summed E-state index contributed by atoms with van der Waals surface area (Å²) in [6.45, 7) is 3.18. The number of aromatic nitrogens is 3. The van der Waals surface area contributed by atoms with Gasteiger partial charge in [0, 0.05) is 11.9 Å². The summed E-state index contributed by atoms with van der Waals surface area (Å²) in [5.74, 6) is 0.900. The summed E-state index contributed by atoms with van der Waals surface area (Å²) in [7, 11) is 0. The Bertz CT molecular complexity index is 911. The minimum absolute atomic E-state index is 0.0513. The third-order valence-corrected chi connectivity index (χ3v) is 4.73. The number of imidazole rings is 1. The number of hydrogen-bond donors (Lipinski definition) is 0. The normalized spacial score (nSPS) is 15.4. The van der Waals surface area contributed by atoms with Gasteiger partial charge in [-0.1, -0.05) is 12.1 Å². The lowest BCUT2D eigenvalue weighted by Crippen LogP contribution is -2.13. The van der Waals surface area contributed by atoms with Gasteiger partial charge < -0.3 is 13.9 Å². The first kappa shape index (κ1) is 15.9. The predicted octanol–water partition coefficient (Wildman–Crippen LogP) is 3.84. The van der Waals surface area contributed by atoms with Crippen LogP contribution in [0.3, 0.4) is 0 Å². The fraction of sp³-hybridized carbons (Fsp3) is 0.368. The van der Waals surface area contributed by atoms with E-state index in [0.29, 0.717) is 18.2 Å². The minimum atomic E-state index is -0.497. The van der Waals surface area contributed by atoms with Crippen LogP contribution in [-0.2, 0) is 6.54 Å². The van der Waals surface area contributed by atoms with Gasteiger partial charge in [0.1, 0.15) is 12.4 Å². The van der Waals surface area contributed by atoms with Crippen molar-refractivity contribution in [2.45, 2.75) is 32.4 Å². The Morgan fingerprint density at radius 1 is 1.44 bits per heavy atom. The SMILES string of the molecule is C[C@H](COc1cccc2cc(C=O)n(CC3CC3)c12)n1cnc(F)c1. The number of rotatable bonds is 7. The molecule has 1 aromatic carbocycles. The van der Waals surface area contributed by atoms with E-state index in [1.807, 2.05) is 31.2 Å². The molecule has 0 amide bonds. The van der Waals surface area contributed by atoms with Gasteiger partial charge in [-0.3, -0.25) is 4.79 Å². The third-order valence-electron chi connectivity index (χ3n) is 4.73. The Balaban J connectivity index is 1.62. The fourth-order valence-corrected chi connectivity index (χ4v) is 3.13. The molecule has 0 radical (unpaired) electrons. The van der Waals surface area contributed by atoms with E-state index in [4.69, 9.17) is 4.74 Å². The van der Waals surface area contributed by atoms with Crippen molar-refractivity contribution in [1.29, 1.82) is 0 Å². The molecule has 3 aromatic rings. The zero-order valence-electron chi connectivity index (χ0n) is 14.1. The molecule has 1 aliphatic carbocycles. The van der Waals surface area contributed by atoms with Gasteiger partial charge >= 0.3 is 0 Å². The topological polar surface area (TPSA) is 49.0 Å². The molecular weight excluding hydrogens is 321 g/mol. The molecule has 2 heterocycles. The third kappa shape index (κ3) is 3.16. The Morgan fingerprint density at radius 3 is 2.96 bits per heavy atom. The van der Waals surface area contributed by atoms with Crippen molar-refractivity contribution in [2.24, 2.45) is 5.92 Å². The van der Waals surface area contributed by atoms with E-state index in [9.17, 15) is 9.18 Å². The van der Waals surface area contributed by atoms with Crippen molar-refractivity contribution in [2.75, 3.05) is 6.61 Å². The highest BCUT2D eigenvalue weighted by molar-refractivity contribution is 5.92. The maximum atomic E-state index is 13.1. The second-order valence-electron chi connectivity index (χ2n) is 6.74. The average molecular weight is 341 g/mol. The number of para-hydroxylation sites is 1. The lowest BCUT2D eigenvalue weighted by atomic mass is 10.2. The zero-order valence-corrected chi connectivity index (χ0v) is 14.1. The molecule has 1 saturated carbocycles.